The minimum absolute atomic E-state index is 0.0624. The van der Waals surface area contributed by atoms with Crippen LogP contribution in [0.1, 0.15) is 17.2 Å². The molecule has 0 bridgehead atoms. The van der Waals surface area contributed by atoms with Gasteiger partial charge in [-0.25, -0.2) is 4.68 Å². The summed E-state index contributed by atoms with van der Waals surface area (Å²) in [4.78, 5) is 4.38. The Balaban J connectivity index is 1.52. The summed E-state index contributed by atoms with van der Waals surface area (Å²) >= 11 is 0. The molecule has 0 saturated heterocycles. The molecule has 0 aliphatic carbocycles. The molecule has 0 spiro atoms. The maximum Gasteiger partial charge on any atom is 0.226 e. The number of hydrogen-bond acceptors (Lipinski definition) is 4. The van der Waals surface area contributed by atoms with Crippen molar-refractivity contribution < 1.29 is 4.74 Å². The predicted molar refractivity (Wildman–Crippen MR) is 115 cm³/mol. The molecule has 4 aromatic rings. The lowest BCUT2D eigenvalue weighted by Gasteiger charge is -2.24. The molecule has 5 rings (SSSR count). The van der Waals surface area contributed by atoms with Gasteiger partial charge in [0.25, 0.3) is 0 Å². The van der Waals surface area contributed by atoms with E-state index in [0.717, 1.165) is 28.5 Å². The first kappa shape index (κ1) is 17.3. The molecule has 0 radical (unpaired) electrons. The number of nitrogens with one attached hydrogen (secondary N) is 1. The summed E-state index contributed by atoms with van der Waals surface area (Å²) in [5.74, 6) is 1.55. The molecular formula is C24H20N4O. The maximum atomic E-state index is 5.40. The number of ether oxygens (including phenoxy) is 1. The van der Waals surface area contributed by atoms with E-state index in [1.165, 1.54) is 11.1 Å². The van der Waals surface area contributed by atoms with E-state index in [1.807, 2.05) is 28.9 Å². The smallest absolute Gasteiger partial charge is 0.226 e. The zero-order valence-electron chi connectivity index (χ0n) is 16.0. The van der Waals surface area contributed by atoms with Gasteiger partial charge < -0.3 is 10.1 Å². The molecule has 29 heavy (non-hydrogen) atoms. The fraction of sp³-hybridized carbons (Fsp3) is 0.0833. The minimum Gasteiger partial charge on any atom is -0.497 e. The van der Waals surface area contributed by atoms with Crippen LogP contribution in [0.2, 0.25) is 0 Å². The summed E-state index contributed by atoms with van der Waals surface area (Å²) in [5.41, 5.74) is 5.61. The Hall–Kier alpha value is -3.86. The van der Waals surface area contributed by atoms with E-state index >= 15 is 0 Å². The van der Waals surface area contributed by atoms with E-state index in [4.69, 9.17) is 4.74 Å². The van der Waals surface area contributed by atoms with Crippen LogP contribution in [0.4, 0.5) is 5.95 Å². The topological polar surface area (TPSA) is 52.0 Å². The van der Waals surface area contributed by atoms with Gasteiger partial charge in [-0.05, 0) is 40.5 Å². The third-order valence-corrected chi connectivity index (χ3v) is 5.15. The number of nitrogens with zero attached hydrogens (tertiary/aromatic N) is 3. The second kappa shape index (κ2) is 7.28. The van der Waals surface area contributed by atoms with Gasteiger partial charge in [-0.1, -0.05) is 66.7 Å². The molecule has 1 aliphatic heterocycles. The summed E-state index contributed by atoms with van der Waals surface area (Å²) in [6.07, 6.45) is 3.75. The lowest BCUT2D eigenvalue weighted by atomic mass is 9.99. The predicted octanol–water partition coefficient (Wildman–Crippen LogP) is 5.01. The van der Waals surface area contributed by atoms with Crippen molar-refractivity contribution >= 4 is 11.6 Å². The molecule has 142 valence electrons. The molecule has 1 N–H and O–H groups in total. The number of methoxy groups -OCH3 is 1. The quantitative estimate of drug-likeness (QED) is 0.541. The van der Waals surface area contributed by atoms with Gasteiger partial charge in [-0.15, -0.1) is 0 Å². The van der Waals surface area contributed by atoms with Crippen LogP contribution in [0.15, 0.2) is 91.3 Å². The van der Waals surface area contributed by atoms with Crippen molar-refractivity contribution in [3.8, 4) is 16.9 Å². The Kier molecular flexibility index (Phi) is 4.33. The molecule has 1 atom stereocenters. The van der Waals surface area contributed by atoms with Crippen molar-refractivity contribution in [3.63, 3.8) is 0 Å². The third kappa shape index (κ3) is 3.27. The van der Waals surface area contributed by atoms with Gasteiger partial charge in [-0.3, -0.25) is 0 Å². The molecule has 5 nitrogen and oxygen atoms in total. The summed E-state index contributed by atoms with van der Waals surface area (Å²) in [7, 11) is 1.68. The molecule has 1 aliphatic rings. The van der Waals surface area contributed by atoms with Gasteiger partial charge in [0.05, 0.1) is 7.11 Å². The van der Waals surface area contributed by atoms with E-state index < -0.39 is 0 Å². The van der Waals surface area contributed by atoms with E-state index in [1.54, 1.807) is 13.4 Å². The fourth-order valence-electron chi connectivity index (χ4n) is 3.64. The first-order chi connectivity index (χ1) is 14.3. The molecule has 2 heterocycles. The van der Waals surface area contributed by atoms with Crippen LogP contribution in [-0.4, -0.2) is 21.9 Å². The first-order valence-electron chi connectivity index (χ1n) is 9.50. The Morgan fingerprint density at radius 2 is 1.62 bits per heavy atom. The first-order valence-corrected chi connectivity index (χ1v) is 9.50. The van der Waals surface area contributed by atoms with Crippen LogP contribution in [-0.2, 0) is 0 Å². The number of anilines is 1. The highest BCUT2D eigenvalue weighted by Gasteiger charge is 2.23. The molecule has 5 heteroatoms. The zero-order valence-corrected chi connectivity index (χ0v) is 16.0. The number of fused-ring (bicyclic) bond motifs is 1. The van der Waals surface area contributed by atoms with Crippen molar-refractivity contribution in [1.29, 1.82) is 0 Å². The van der Waals surface area contributed by atoms with Gasteiger partial charge in [0.2, 0.25) is 5.95 Å². The van der Waals surface area contributed by atoms with E-state index in [9.17, 15) is 0 Å². The number of allylic oxidation sites excluding steroid dienone is 1. The number of aromatic nitrogens is 3. The average Bonchev–Trinajstić information content (AvgIpc) is 3.28. The summed E-state index contributed by atoms with van der Waals surface area (Å²) < 4.78 is 7.29. The number of hydrogen-bond donors (Lipinski definition) is 1. The SMILES string of the molecule is COc1cccc([C@H]2C=C(c3ccc(-c4ccccc4)cc3)Nc3ncnn32)c1. The zero-order chi connectivity index (χ0) is 19.6. The Morgan fingerprint density at radius 3 is 2.41 bits per heavy atom. The average molecular weight is 380 g/mol. The monoisotopic (exact) mass is 380 g/mol. The van der Waals surface area contributed by atoms with Crippen LogP contribution in [0.5, 0.6) is 5.75 Å². The van der Waals surface area contributed by atoms with Crippen LogP contribution in [0.3, 0.4) is 0 Å². The van der Waals surface area contributed by atoms with Crippen molar-refractivity contribution in [1.82, 2.24) is 14.8 Å². The van der Waals surface area contributed by atoms with Crippen LogP contribution < -0.4 is 10.1 Å². The van der Waals surface area contributed by atoms with E-state index in [-0.39, 0.29) is 6.04 Å². The van der Waals surface area contributed by atoms with Crippen molar-refractivity contribution in [3.05, 3.63) is 102 Å². The van der Waals surface area contributed by atoms with E-state index in [0.29, 0.717) is 0 Å². The molecule has 0 unspecified atom stereocenters. The van der Waals surface area contributed by atoms with Gasteiger partial charge in [0.15, 0.2) is 0 Å². The van der Waals surface area contributed by atoms with Crippen molar-refractivity contribution in [2.75, 3.05) is 12.4 Å². The molecule has 3 aromatic carbocycles. The van der Waals surface area contributed by atoms with Crippen molar-refractivity contribution in [2.45, 2.75) is 6.04 Å². The summed E-state index contributed by atoms with van der Waals surface area (Å²) in [6.45, 7) is 0. The van der Waals surface area contributed by atoms with Crippen LogP contribution in [0, 0.1) is 0 Å². The lowest BCUT2D eigenvalue weighted by molar-refractivity contribution is 0.413. The minimum atomic E-state index is -0.0624. The van der Waals surface area contributed by atoms with Crippen molar-refractivity contribution in [2.24, 2.45) is 0 Å². The maximum absolute atomic E-state index is 5.40. The highest BCUT2D eigenvalue weighted by Crippen LogP contribution is 2.33. The van der Waals surface area contributed by atoms with Crippen LogP contribution >= 0.6 is 0 Å². The van der Waals surface area contributed by atoms with Gasteiger partial charge in [-0.2, -0.15) is 10.1 Å². The second-order valence-electron chi connectivity index (χ2n) is 6.90. The highest BCUT2D eigenvalue weighted by atomic mass is 16.5. The second-order valence-corrected chi connectivity index (χ2v) is 6.90. The van der Waals surface area contributed by atoms with E-state index in [2.05, 4.69) is 76.1 Å². The molecule has 0 fully saturated rings. The number of rotatable bonds is 4. The molecular weight excluding hydrogens is 360 g/mol. The third-order valence-electron chi connectivity index (χ3n) is 5.15. The molecule has 0 amide bonds. The van der Waals surface area contributed by atoms with Gasteiger partial charge in [0, 0.05) is 5.70 Å². The summed E-state index contributed by atoms with van der Waals surface area (Å²) in [5, 5.41) is 7.81. The lowest BCUT2D eigenvalue weighted by Crippen LogP contribution is -2.20. The Bertz CT molecular complexity index is 1160. The highest BCUT2D eigenvalue weighted by molar-refractivity contribution is 5.78. The normalized spacial score (nSPS) is 15.2. The standard InChI is InChI=1S/C24H20N4O/c1-29-21-9-5-8-20(14-21)23-15-22(27-24-25-16-26-28(23)24)19-12-10-18(11-13-19)17-6-3-2-4-7-17/h2-16,23H,1H3,(H,25,26,27)/t23-/m1/s1. The Labute approximate surface area is 169 Å². The largest absolute Gasteiger partial charge is 0.497 e. The molecule has 1 aromatic heterocycles. The molecule has 0 saturated carbocycles. The fourth-order valence-corrected chi connectivity index (χ4v) is 3.64. The Morgan fingerprint density at radius 1 is 0.862 bits per heavy atom. The number of benzene rings is 3. The van der Waals surface area contributed by atoms with Gasteiger partial charge >= 0.3 is 0 Å². The van der Waals surface area contributed by atoms with Crippen LogP contribution in [0.25, 0.3) is 16.8 Å². The van der Waals surface area contributed by atoms with Gasteiger partial charge in [0.1, 0.15) is 18.1 Å². The summed E-state index contributed by atoms with van der Waals surface area (Å²) in [6, 6.07) is 26.9.